The van der Waals surface area contributed by atoms with Gasteiger partial charge in [-0.05, 0) is 54.1 Å². The van der Waals surface area contributed by atoms with Gasteiger partial charge in [-0.25, -0.2) is 0 Å². The number of aromatic amines is 1. The monoisotopic (exact) mass is 498 g/mol. The average molecular weight is 499 g/mol. The van der Waals surface area contributed by atoms with Crippen molar-refractivity contribution in [3.05, 3.63) is 127 Å². The van der Waals surface area contributed by atoms with E-state index in [0.717, 1.165) is 38.4 Å². The fourth-order valence-electron chi connectivity index (χ4n) is 6.43. The van der Waals surface area contributed by atoms with E-state index in [1.807, 2.05) is 12.1 Å². The lowest BCUT2D eigenvalue weighted by atomic mass is 9.99. The Hall–Kier alpha value is -5.28. The van der Waals surface area contributed by atoms with Crippen molar-refractivity contribution < 1.29 is 4.42 Å². The minimum absolute atomic E-state index is 0.922. The summed E-state index contributed by atoms with van der Waals surface area (Å²) in [4.78, 5) is 3.73. The highest BCUT2D eigenvalue weighted by molar-refractivity contribution is 6.24. The van der Waals surface area contributed by atoms with Gasteiger partial charge in [0.2, 0.25) is 0 Å². The van der Waals surface area contributed by atoms with Crippen molar-refractivity contribution in [1.82, 2.24) is 9.55 Å². The topological polar surface area (TPSA) is 33.9 Å². The van der Waals surface area contributed by atoms with Crippen molar-refractivity contribution in [2.45, 2.75) is 0 Å². The number of nitrogens with zero attached hydrogens (tertiary/aromatic N) is 1. The van der Waals surface area contributed by atoms with E-state index in [0.29, 0.717) is 0 Å². The Labute approximate surface area is 223 Å². The number of furan rings is 1. The van der Waals surface area contributed by atoms with Gasteiger partial charge in [0, 0.05) is 38.2 Å². The number of nitrogens with one attached hydrogen (secondary N) is 1. The molecule has 3 heteroatoms. The third kappa shape index (κ3) is 2.82. The zero-order valence-electron chi connectivity index (χ0n) is 21.0. The molecular formula is C36H22N2O. The van der Waals surface area contributed by atoms with Gasteiger partial charge in [0.15, 0.2) is 0 Å². The molecule has 3 aromatic heterocycles. The Morgan fingerprint density at radius 3 is 2.23 bits per heavy atom. The first kappa shape index (κ1) is 20.7. The molecule has 39 heavy (non-hydrogen) atoms. The molecule has 0 spiro atoms. The largest absolute Gasteiger partial charge is 0.455 e. The van der Waals surface area contributed by atoms with Crippen molar-refractivity contribution in [3.63, 3.8) is 0 Å². The number of hydrogen-bond acceptors (Lipinski definition) is 1. The maximum Gasteiger partial charge on any atom is 0.145 e. The maximum atomic E-state index is 6.41. The summed E-state index contributed by atoms with van der Waals surface area (Å²) in [5.74, 6) is 0. The van der Waals surface area contributed by atoms with Gasteiger partial charge >= 0.3 is 0 Å². The lowest BCUT2D eigenvalue weighted by Gasteiger charge is -2.08. The molecule has 0 aliphatic heterocycles. The summed E-state index contributed by atoms with van der Waals surface area (Å²) < 4.78 is 8.76. The maximum absolute atomic E-state index is 6.41. The molecule has 0 atom stereocenters. The highest BCUT2D eigenvalue weighted by Gasteiger charge is 2.18. The molecule has 0 bridgehead atoms. The fourth-order valence-corrected chi connectivity index (χ4v) is 6.43. The van der Waals surface area contributed by atoms with Crippen molar-refractivity contribution in [1.29, 1.82) is 0 Å². The van der Waals surface area contributed by atoms with Crippen LogP contribution in [0, 0.1) is 0 Å². The van der Waals surface area contributed by atoms with Crippen molar-refractivity contribution >= 4 is 65.6 Å². The molecule has 0 aliphatic carbocycles. The van der Waals surface area contributed by atoms with E-state index < -0.39 is 0 Å². The second-order valence-electron chi connectivity index (χ2n) is 10.2. The van der Waals surface area contributed by atoms with Gasteiger partial charge in [0.1, 0.15) is 11.2 Å². The van der Waals surface area contributed by atoms with Crippen LogP contribution in [-0.4, -0.2) is 9.55 Å². The lowest BCUT2D eigenvalue weighted by Crippen LogP contribution is -1.92. The molecule has 3 heterocycles. The van der Waals surface area contributed by atoms with Crippen molar-refractivity contribution in [2.75, 3.05) is 0 Å². The van der Waals surface area contributed by atoms with E-state index in [1.54, 1.807) is 0 Å². The predicted octanol–water partition coefficient (Wildman–Crippen LogP) is 9.98. The average Bonchev–Trinajstić information content (AvgIpc) is 3.66. The molecule has 0 aliphatic rings. The molecule has 0 fully saturated rings. The van der Waals surface area contributed by atoms with Gasteiger partial charge in [-0.3, -0.25) is 0 Å². The van der Waals surface area contributed by atoms with Crippen LogP contribution in [0.2, 0.25) is 0 Å². The lowest BCUT2D eigenvalue weighted by molar-refractivity contribution is 0.673. The van der Waals surface area contributed by atoms with Crippen molar-refractivity contribution in [2.24, 2.45) is 0 Å². The van der Waals surface area contributed by atoms with Crippen LogP contribution >= 0.6 is 0 Å². The van der Waals surface area contributed by atoms with Gasteiger partial charge < -0.3 is 14.0 Å². The SMILES string of the molecule is c1ccc(-n2c3ccccc3c3cc(-c4cccc5c4[nH]c4ccc6c7ccccc7oc6c45)ccc32)cc1. The number of H-pyrrole nitrogens is 1. The van der Waals surface area contributed by atoms with E-state index >= 15 is 0 Å². The van der Waals surface area contributed by atoms with Gasteiger partial charge in [-0.15, -0.1) is 0 Å². The van der Waals surface area contributed by atoms with Crippen LogP contribution in [0.5, 0.6) is 0 Å². The van der Waals surface area contributed by atoms with Gasteiger partial charge in [0.05, 0.1) is 27.5 Å². The first-order valence-corrected chi connectivity index (χ1v) is 13.3. The van der Waals surface area contributed by atoms with Gasteiger partial charge in [-0.2, -0.15) is 0 Å². The van der Waals surface area contributed by atoms with Gasteiger partial charge in [0.25, 0.3) is 0 Å². The molecule has 9 rings (SSSR count). The summed E-state index contributed by atoms with van der Waals surface area (Å²) in [6, 6.07) is 45.3. The third-order valence-electron chi connectivity index (χ3n) is 8.14. The number of rotatable bonds is 2. The zero-order valence-corrected chi connectivity index (χ0v) is 21.0. The fraction of sp³-hybridized carbons (Fsp3) is 0. The Kier molecular flexibility index (Phi) is 4.05. The molecule has 0 amide bonds. The minimum Gasteiger partial charge on any atom is -0.455 e. The summed E-state index contributed by atoms with van der Waals surface area (Å²) in [5, 5.41) is 7.13. The van der Waals surface area contributed by atoms with E-state index in [1.165, 1.54) is 44.0 Å². The van der Waals surface area contributed by atoms with Crippen LogP contribution in [0.3, 0.4) is 0 Å². The summed E-state index contributed by atoms with van der Waals surface area (Å²) in [7, 11) is 0. The second kappa shape index (κ2) is 7.62. The number of fused-ring (bicyclic) bond motifs is 10. The molecule has 9 aromatic rings. The molecule has 6 aromatic carbocycles. The molecule has 1 N–H and O–H groups in total. The van der Waals surface area contributed by atoms with E-state index in [9.17, 15) is 0 Å². The van der Waals surface area contributed by atoms with E-state index in [2.05, 4.69) is 125 Å². The Bertz CT molecular complexity index is 2390. The Morgan fingerprint density at radius 1 is 0.538 bits per heavy atom. The van der Waals surface area contributed by atoms with E-state index in [4.69, 9.17) is 4.42 Å². The van der Waals surface area contributed by atoms with Crippen LogP contribution in [0.25, 0.3) is 82.4 Å². The summed E-state index contributed by atoms with van der Waals surface area (Å²) >= 11 is 0. The first-order valence-electron chi connectivity index (χ1n) is 13.3. The summed E-state index contributed by atoms with van der Waals surface area (Å²) in [6.07, 6.45) is 0. The Balaban J connectivity index is 1.33. The molecule has 182 valence electrons. The zero-order chi connectivity index (χ0) is 25.5. The Morgan fingerprint density at radius 2 is 1.31 bits per heavy atom. The summed E-state index contributed by atoms with van der Waals surface area (Å²) in [6.45, 7) is 0. The quantitative estimate of drug-likeness (QED) is 0.253. The molecule has 0 saturated carbocycles. The normalized spacial score (nSPS) is 12.1. The summed E-state index contributed by atoms with van der Waals surface area (Å²) in [5.41, 5.74) is 10.1. The standard InChI is InChI=1S/C36H22N2O/c1-2-9-23(10-3-1)38-31-15-6-4-11-25(31)29-21-22(17-20-32(29)38)24-13-8-14-28-34-30(37-35(24)28)19-18-27-26-12-5-7-16-33(26)39-36(27)34/h1-21,37H. The van der Waals surface area contributed by atoms with Crippen LogP contribution < -0.4 is 0 Å². The highest BCUT2D eigenvalue weighted by atomic mass is 16.3. The van der Waals surface area contributed by atoms with E-state index in [-0.39, 0.29) is 0 Å². The third-order valence-corrected chi connectivity index (χ3v) is 8.14. The molecule has 0 saturated heterocycles. The predicted molar refractivity (Wildman–Crippen MR) is 163 cm³/mol. The smallest absolute Gasteiger partial charge is 0.145 e. The molecule has 0 unspecified atom stereocenters. The van der Waals surface area contributed by atoms with Crippen LogP contribution in [0.15, 0.2) is 132 Å². The van der Waals surface area contributed by atoms with Crippen LogP contribution in [0.1, 0.15) is 0 Å². The van der Waals surface area contributed by atoms with Crippen LogP contribution in [-0.2, 0) is 0 Å². The van der Waals surface area contributed by atoms with Gasteiger partial charge in [-0.1, -0.05) is 78.9 Å². The molecule has 0 radical (unpaired) electrons. The number of aromatic nitrogens is 2. The minimum atomic E-state index is 0.922. The second-order valence-corrected chi connectivity index (χ2v) is 10.2. The molecular weight excluding hydrogens is 476 g/mol. The first-order chi connectivity index (χ1) is 19.3. The number of benzene rings is 6. The molecule has 3 nitrogen and oxygen atoms in total. The number of hydrogen-bond donors (Lipinski definition) is 1. The number of para-hydroxylation sites is 4. The van der Waals surface area contributed by atoms with Crippen LogP contribution in [0.4, 0.5) is 0 Å². The highest BCUT2D eigenvalue weighted by Crippen LogP contribution is 2.41. The van der Waals surface area contributed by atoms with Crippen molar-refractivity contribution in [3.8, 4) is 16.8 Å².